The summed E-state index contributed by atoms with van der Waals surface area (Å²) in [6.45, 7) is 2.12. The highest BCUT2D eigenvalue weighted by molar-refractivity contribution is 9.10. The Morgan fingerprint density at radius 1 is 1.10 bits per heavy atom. The van der Waals surface area contributed by atoms with Crippen LogP contribution in [0, 0.1) is 0 Å². The van der Waals surface area contributed by atoms with Gasteiger partial charge in [0.1, 0.15) is 0 Å². The maximum Gasteiger partial charge on any atom is 0.0317 e. The maximum atomic E-state index is 6.01. The van der Waals surface area contributed by atoms with Crippen molar-refractivity contribution in [2.75, 3.05) is 0 Å². The van der Waals surface area contributed by atoms with Crippen molar-refractivity contribution in [3.63, 3.8) is 0 Å². The summed E-state index contributed by atoms with van der Waals surface area (Å²) in [5.74, 6) is 0. The van der Waals surface area contributed by atoms with Gasteiger partial charge in [-0.1, -0.05) is 40.7 Å². The average Bonchev–Trinajstić information content (AvgIpc) is 2.44. The van der Waals surface area contributed by atoms with E-state index in [1.165, 1.54) is 15.4 Å². The Bertz CT molecular complexity index is 569. The number of halogens is 2. The second kappa shape index (κ2) is 7.64. The third-order valence-corrected chi connectivity index (χ3v) is 5.59. The molecule has 0 aliphatic carbocycles. The van der Waals surface area contributed by atoms with E-state index in [9.17, 15) is 0 Å². The molecule has 2 rings (SSSR count). The summed E-state index contributed by atoms with van der Waals surface area (Å²) in [6.07, 6.45) is 1.94. The summed E-state index contributed by atoms with van der Waals surface area (Å²) in [4.78, 5) is 2.45. The first-order valence-corrected chi connectivity index (χ1v) is 8.96. The van der Waals surface area contributed by atoms with Crippen LogP contribution in [0.1, 0.15) is 18.9 Å². The van der Waals surface area contributed by atoms with Gasteiger partial charge in [0.2, 0.25) is 0 Å². The van der Waals surface area contributed by atoms with Crippen molar-refractivity contribution in [1.82, 2.24) is 0 Å². The Kier molecular flexibility index (Phi) is 6.15. The summed E-state index contributed by atoms with van der Waals surface area (Å²) in [6, 6.07) is 15.1. The monoisotopic (exact) mass is 413 g/mol. The van der Waals surface area contributed by atoms with Crippen molar-refractivity contribution in [1.29, 1.82) is 0 Å². The SMILES string of the molecule is CCC(N)Cc1ccc(Sc2ccc(Br)cc2)c(Br)c1. The quantitative estimate of drug-likeness (QED) is 0.684. The van der Waals surface area contributed by atoms with Crippen molar-refractivity contribution in [2.45, 2.75) is 35.6 Å². The minimum absolute atomic E-state index is 0.242. The van der Waals surface area contributed by atoms with E-state index in [4.69, 9.17) is 5.73 Å². The second-order valence-corrected chi connectivity index (χ2v) is 7.58. The molecular weight excluding hydrogens is 398 g/mol. The van der Waals surface area contributed by atoms with Crippen LogP contribution in [0.15, 0.2) is 61.2 Å². The standard InChI is InChI=1S/C16H17Br2NS/c1-2-13(19)9-11-3-8-16(15(18)10-11)20-14-6-4-12(17)5-7-14/h3-8,10,13H,2,9,19H2,1H3. The van der Waals surface area contributed by atoms with Crippen molar-refractivity contribution in [3.05, 3.63) is 57.0 Å². The molecule has 20 heavy (non-hydrogen) atoms. The zero-order valence-electron chi connectivity index (χ0n) is 11.3. The molecule has 2 N–H and O–H groups in total. The first-order chi connectivity index (χ1) is 9.58. The molecule has 0 aliphatic heterocycles. The van der Waals surface area contributed by atoms with Gasteiger partial charge in [-0.05, 0) is 70.7 Å². The lowest BCUT2D eigenvalue weighted by Crippen LogP contribution is -2.21. The molecule has 0 radical (unpaired) electrons. The molecule has 2 aromatic carbocycles. The lowest BCUT2D eigenvalue weighted by Gasteiger charge is -2.11. The van der Waals surface area contributed by atoms with Crippen LogP contribution in [0.2, 0.25) is 0 Å². The predicted molar refractivity (Wildman–Crippen MR) is 94.4 cm³/mol. The van der Waals surface area contributed by atoms with E-state index in [0.717, 1.165) is 21.8 Å². The van der Waals surface area contributed by atoms with Gasteiger partial charge in [0.15, 0.2) is 0 Å². The summed E-state index contributed by atoms with van der Waals surface area (Å²) >= 11 is 8.87. The van der Waals surface area contributed by atoms with Gasteiger partial charge < -0.3 is 5.73 Å². The molecule has 4 heteroatoms. The number of hydrogen-bond donors (Lipinski definition) is 1. The van der Waals surface area contributed by atoms with E-state index in [1.54, 1.807) is 11.8 Å². The fraction of sp³-hybridized carbons (Fsp3) is 0.250. The largest absolute Gasteiger partial charge is 0.327 e. The fourth-order valence-corrected chi connectivity index (χ4v) is 3.58. The van der Waals surface area contributed by atoms with E-state index >= 15 is 0 Å². The molecule has 0 saturated carbocycles. The Labute approximate surface area is 141 Å². The van der Waals surface area contributed by atoms with Crippen LogP contribution >= 0.6 is 43.6 Å². The zero-order valence-corrected chi connectivity index (χ0v) is 15.3. The molecule has 2 aromatic rings. The highest BCUT2D eigenvalue weighted by Gasteiger charge is 2.06. The van der Waals surface area contributed by atoms with Crippen molar-refractivity contribution < 1.29 is 0 Å². The van der Waals surface area contributed by atoms with Crippen LogP contribution in [0.25, 0.3) is 0 Å². The van der Waals surface area contributed by atoms with Crippen molar-refractivity contribution in [3.8, 4) is 0 Å². The van der Waals surface area contributed by atoms with Gasteiger partial charge in [0.05, 0.1) is 0 Å². The normalized spacial score (nSPS) is 12.4. The van der Waals surface area contributed by atoms with Crippen molar-refractivity contribution >= 4 is 43.6 Å². The average molecular weight is 415 g/mol. The van der Waals surface area contributed by atoms with Crippen LogP contribution in [-0.2, 0) is 6.42 Å². The van der Waals surface area contributed by atoms with Gasteiger partial charge in [-0.25, -0.2) is 0 Å². The molecule has 0 bridgehead atoms. The molecule has 0 heterocycles. The van der Waals surface area contributed by atoms with Crippen LogP contribution < -0.4 is 5.73 Å². The molecular formula is C16H17Br2NS. The molecule has 1 nitrogen and oxygen atoms in total. The lowest BCUT2D eigenvalue weighted by molar-refractivity contribution is 0.646. The predicted octanol–water partition coefficient (Wildman–Crippen LogP) is 5.64. The summed E-state index contributed by atoms with van der Waals surface area (Å²) in [7, 11) is 0. The highest BCUT2D eigenvalue weighted by Crippen LogP contribution is 2.34. The minimum Gasteiger partial charge on any atom is -0.327 e. The summed E-state index contributed by atoms with van der Waals surface area (Å²) < 4.78 is 2.23. The molecule has 106 valence electrons. The van der Waals surface area contributed by atoms with E-state index in [2.05, 4.69) is 81.2 Å². The third kappa shape index (κ3) is 4.62. The molecule has 0 saturated heterocycles. The van der Waals surface area contributed by atoms with Gasteiger partial charge in [-0.3, -0.25) is 0 Å². The van der Waals surface area contributed by atoms with Crippen molar-refractivity contribution in [2.24, 2.45) is 5.73 Å². The molecule has 0 fully saturated rings. The Balaban J connectivity index is 2.11. The van der Waals surface area contributed by atoms with Gasteiger partial charge in [-0.15, -0.1) is 0 Å². The Morgan fingerprint density at radius 2 is 1.80 bits per heavy atom. The smallest absolute Gasteiger partial charge is 0.0317 e. The van der Waals surface area contributed by atoms with Gasteiger partial charge in [0, 0.05) is 24.8 Å². The minimum atomic E-state index is 0.242. The summed E-state index contributed by atoms with van der Waals surface area (Å²) in [5, 5.41) is 0. The molecule has 0 amide bonds. The highest BCUT2D eigenvalue weighted by atomic mass is 79.9. The molecule has 0 spiro atoms. The van der Waals surface area contributed by atoms with Crippen LogP contribution in [0.5, 0.6) is 0 Å². The maximum absolute atomic E-state index is 6.01. The number of benzene rings is 2. The van der Waals surface area contributed by atoms with Gasteiger partial charge >= 0.3 is 0 Å². The lowest BCUT2D eigenvalue weighted by atomic mass is 10.1. The topological polar surface area (TPSA) is 26.0 Å². The van der Waals surface area contributed by atoms with E-state index < -0.39 is 0 Å². The number of nitrogens with two attached hydrogens (primary N) is 1. The molecule has 1 unspecified atom stereocenters. The first-order valence-electron chi connectivity index (χ1n) is 6.56. The first kappa shape index (κ1) is 16.1. The second-order valence-electron chi connectivity index (χ2n) is 4.69. The third-order valence-electron chi connectivity index (χ3n) is 3.06. The summed E-state index contributed by atoms with van der Waals surface area (Å²) in [5.41, 5.74) is 7.29. The number of hydrogen-bond acceptors (Lipinski definition) is 2. The van der Waals surface area contributed by atoms with Crippen LogP contribution in [0.4, 0.5) is 0 Å². The number of rotatable bonds is 5. The Hall–Kier alpha value is -0.290. The molecule has 1 atom stereocenters. The molecule has 0 aromatic heterocycles. The van der Waals surface area contributed by atoms with Crippen LogP contribution in [-0.4, -0.2) is 6.04 Å². The Morgan fingerprint density at radius 3 is 2.40 bits per heavy atom. The fourth-order valence-electron chi connectivity index (χ4n) is 1.83. The zero-order chi connectivity index (χ0) is 14.5. The molecule has 0 aliphatic rings. The van der Waals surface area contributed by atoms with Gasteiger partial charge in [0.25, 0.3) is 0 Å². The van der Waals surface area contributed by atoms with E-state index in [0.29, 0.717) is 0 Å². The van der Waals surface area contributed by atoms with E-state index in [-0.39, 0.29) is 6.04 Å². The van der Waals surface area contributed by atoms with E-state index in [1.807, 2.05) is 0 Å². The van der Waals surface area contributed by atoms with Crippen LogP contribution in [0.3, 0.4) is 0 Å². The van der Waals surface area contributed by atoms with Gasteiger partial charge in [-0.2, -0.15) is 0 Å².